The molecule has 82 valence electrons. The van der Waals surface area contributed by atoms with Crippen molar-refractivity contribution in [2.45, 2.75) is 0 Å². The van der Waals surface area contributed by atoms with Crippen LogP contribution in [0.15, 0.2) is 34.9 Å². The standard InChI is InChI=1S/C10H7BrIN3O/c11-6-5-14-10(13)15-9(6)16-8-4-2-1-3-7(8)12/h1-5H,(H2,13,14,15). The van der Waals surface area contributed by atoms with Gasteiger partial charge < -0.3 is 10.5 Å². The highest BCUT2D eigenvalue weighted by Gasteiger charge is 2.07. The fraction of sp³-hybridized carbons (Fsp3) is 0. The van der Waals surface area contributed by atoms with Crippen molar-refractivity contribution in [2.24, 2.45) is 0 Å². The topological polar surface area (TPSA) is 61.0 Å². The molecule has 1 aromatic heterocycles. The molecule has 0 aliphatic heterocycles. The number of hydrogen-bond acceptors (Lipinski definition) is 4. The molecule has 16 heavy (non-hydrogen) atoms. The van der Waals surface area contributed by atoms with Crippen LogP contribution in [-0.4, -0.2) is 9.97 Å². The zero-order chi connectivity index (χ0) is 11.5. The number of para-hydroxylation sites is 1. The fourth-order valence-electron chi connectivity index (χ4n) is 1.07. The monoisotopic (exact) mass is 391 g/mol. The van der Waals surface area contributed by atoms with Gasteiger partial charge in [0.25, 0.3) is 0 Å². The first-order chi connectivity index (χ1) is 7.66. The summed E-state index contributed by atoms with van der Waals surface area (Å²) in [6.45, 7) is 0. The maximum absolute atomic E-state index is 5.64. The summed E-state index contributed by atoms with van der Waals surface area (Å²) >= 11 is 5.50. The van der Waals surface area contributed by atoms with Crippen LogP contribution in [0.3, 0.4) is 0 Å². The largest absolute Gasteiger partial charge is 0.437 e. The van der Waals surface area contributed by atoms with E-state index in [1.807, 2.05) is 24.3 Å². The lowest BCUT2D eigenvalue weighted by molar-refractivity contribution is 0.456. The third-order valence-electron chi connectivity index (χ3n) is 1.77. The van der Waals surface area contributed by atoms with E-state index in [4.69, 9.17) is 10.5 Å². The Morgan fingerprint density at radius 3 is 2.81 bits per heavy atom. The molecule has 2 N–H and O–H groups in total. The first-order valence-corrected chi connectivity index (χ1v) is 6.24. The summed E-state index contributed by atoms with van der Waals surface area (Å²) in [4.78, 5) is 7.84. The van der Waals surface area contributed by atoms with Crippen LogP contribution in [0.2, 0.25) is 0 Å². The lowest BCUT2D eigenvalue weighted by atomic mass is 10.3. The number of nitrogens with zero attached hydrogens (tertiary/aromatic N) is 2. The molecule has 0 aliphatic carbocycles. The Kier molecular flexibility index (Phi) is 3.59. The normalized spacial score (nSPS) is 10.1. The molecule has 1 aromatic carbocycles. The van der Waals surface area contributed by atoms with Crippen LogP contribution in [-0.2, 0) is 0 Å². The van der Waals surface area contributed by atoms with Crippen LogP contribution in [0.5, 0.6) is 11.6 Å². The van der Waals surface area contributed by atoms with Crippen LogP contribution in [0, 0.1) is 3.57 Å². The Morgan fingerprint density at radius 2 is 2.06 bits per heavy atom. The highest BCUT2D eigenvalue weighted by atomic mass is 127. The van der Waals surface area contributed by atoms with Gasteiger partial charge in [-0.2, -0.15) is 4.98 Å². The Bertz CT molecular complexity index is 521. The second kappa shape index (κ2) is 4.96. The van der Waals surface area contributed by atoms with Crippen LogP contribution < -0.4 is 10.5 Å². The average Bonchev–Trinajstić information content (AvgIpc) is 2.27. The molecule has 0 atom stereocenters. The minimum atomic E-state index is 0.184. The summed E-state index contributed by atoms with van der Waals surface area (Å²) in [6, 6.07) is 7.66. The maximum Gasteiger partial charge on any atom is 0.238 e. The van der Waals surface area contributed by atoms with E-state index in [1.54, 1.807) is 6.20 Å². The molecule has 0 saturated carbocycles. The van der Waals surface area contributed by atoms with Crippen molar-refractivity contribution in [3.8, 4) is 11.6 Å². The molecule has 0 aliphatic rings. The van der Waals surface area contributed by atoms with E-state index in [9.17, 15) is 0 Å². The van der Waals surface area contributed by atoms with E-state index in [0.717, 1.165) is 9.32 Å². The van der Waals surface area contributed by atoms with Gasteiger partial charge in [0.15, 0.2) is 0 Å². The highest BCUT2D eigenvalue weighted by Crippen LogP contribution is 2.30. The lowest BCUT2D eigenvalue weighted by Gasteiger charge is -2.07. The van der Waals surface area contributed by atoms with E-state index < -0.39 is 0 Å². The van der Waals surface area contributed by atoms with Crippen LogP contribution in [0.1, 0.15) is 0 Å². The van der Waals surface area contributed by atoms with Gasteiger partial charge >= 0.3 is 0 Å². The van der Waals surface area contributed by atoms with E-state index in [0.29, 0.717) is 10.4 Å². The number of hydrogen-bond donors (Lipinski definition) is 1. The van der Waals surface area contributed by atoms with Gasteiger partial charge in [0.2, 0.25) is 11.8 Å². The third-order valence-corrected chi connectivity index (χ3v) is 3.21. The molecular formula is C10H7BrIN3O. The second-order valence-corrected chi connectivity index (χ2v) is 4.93. The van der Waals surface area contributed by atoms with Gasteiger partial charge in [0, 0.05) is 0 Å². The molecule has 6 heteroatoms. The molecule has 0 saturated heterocycles. The molecule has 0 amide bonds. The lowest BCUT2D eigenvalue weighted by Crippen LogP contribution is -1.98. The molecule has 0 spiro atoms. The van der Waals surface area contributed by atoms with Gasteiger partial charge in [-0.1, -0.05) is 12.1 Å². The maximum atomic E-state index is 5.64. The first-order valence-electron chi connectivity index (χ1n) is 4.37. The van der Waals surface area contributed by atoms with Gasteiger partial charge in [-0.15, -0.1) is 0 Å². The number of nitrogen functional groups attached to an aromatic ring is 1. The zero-order valence-electron chi connectivity index (χ0n) is 8.02. The van der Waals surface area contributed by atoms with Crippen LogP contribution in [0.4, 0.5) is 5.95 Å². The number of benzene rings is 1. The van der Waals surface area contributed by atoms with E-state index in [-0.39, 0.29) is 5.95 Å². The molecule has 1 heterocycles. The summed E-state index contributed by atoms with van der Waals surface area (Å²) < 4.78 is 7.31. The number of anilines is 1. The van der Waals surface area contributed by atoms with Crippen molar-refractivity contribution in [2.75, 3.05) is 5.73 Å². The second-order valence-electron chi connectivity index (χ2n) is 2.91. The minimum Gasteiger partial charge on any atom is -0.437 e. The number of aromatic nitrogens is 2. The average molecular weight is 392 g/mol. The van der Waals surface area contributed by atoms with Crippen molar-refractivity contribution in [1.82, 2.24) is 9.97 Å². The summed E-state index contributed by atoms with van der Waals surface area (Å²) in [5, 5.41) is 0. The molecule has 0 fully saturated rings. The van der Waals surface area contributed by atoms with Gasteiger partial charge in [-0.3, -0.25) is 0 Å². The van der Waals surface area contributed by atoms with Crippen molar-refractivity contribution in [3.05, 3.63) is 38.5 Å². The predicted octanol–water partition coefficient (Wildman–Crippen LogP) is 3.22. The highest BCUT2D eigenvalue weighted by molar-refractivity contribution is 14.1. The Hall–Kier alpha value is -0.890. The van der Waals surface area contributed by atoms with Crippen molar-refractivity contribution < 1.29 is 4.74 Å². The van der Waals surface area contributed by atoms with Crippen LogP contribution >= 0.6 is 38.5 Å². The SMILES string of the molecule is Nc1ncc(Br)c(Oc2ccccc2I)n1. The van der Waals surface area contributed by atoms with Crippen molar-refractivity contribution in [1.29, 1.82) is 0 Å². The number of ether oxygens (including phenoxy) is 1. The van der Waals surface area contributed by atoms with E-state index in [1.165, 1.54) is 0 Å². The van der Waals surface area contributed by atoms with Gasteiger partial charge in [-0.05, 0) is 50.7 Å². The summed E-state index contributed by atoms with van der Waals surface area (Å²) in [5.74, 6) is 1.34. The third kappa shape index (κ3) is 2.62. The fourth-order valence-corrected chi connectivity index (χ4v) is 1.84. The Morgan fingerprint density at radius 1 is 1.31 bits per heavy atom. The molecule has 0 radical (unpaired) electrons. The van der Waals surface area contributed by atoms with Gasteiger partial charge in [-0.25, -0.2) is 4.98 Å². The zero-order valence-corrected chi connectivity index (χ0v) is 11.8. The smallest absolute Gasteiger partial charge is 0.238 e. The minimum absolute atomic E-state index is 0.184. The molecule has 4 nitrogen and oxygen atoms in total. The summed E-state index contributed by atoms with van der Waals surface area (Å²) in [6.07, 6.45) is 1.56. The first kappa shape index (κ1) is 11.6. The molecule has 2 rings (SSSR count). The number of halogens is 2. The van der Waals surface area contributed by atoms with Gasteiger partial charge in [0.1, 0.15) is 5.75 Å². The van der Waals surface area contributed by atoms with Crippen LogP contribution in [0.25, 0.3) is 0 Å². The Labute approximate surface area is 115 Å². The predicted molar refractivity (Wildman–Crippen MR) is 73.4 cm³/mol. The number of rotatable bonds is 2. The van der Waals surface area contributed by atoms with Crippen molar-refractivity contribution >= 4 is 44.5 Å². The summed E-state index contributed by atoms with van der Waals surface area (Å²) in [7, 11) is 0. The van der Waals surface area contributed by atoms with E-state index in [2.05, 4.69) is 48.5 Å². The molecule has 0 unspecified atom stereocenters. The molecule has 2 aromatic rings. The van der Waals surface area contributed by atoms with Crippen molar-refractivity contribution in [3.63, 3.8) is 0 Å². The number of nitrogens with two attached hydrogens (primary N) is 1. The molecular weight excluding hydrogens is 385 g/mol. The summed E-state index contributed by atoms with van der Waals surface area (Å²) in [5.41, 5.74) is 5.49. The van der Waals surface area contributed by atoms with Gasteiger partial charge in [0.05, 0.1) is 14.2 Å². The quantitative estimate of drug-likeness (QED) is 0.798. The Balaban J connectivity index is 2.34. The molecule has 0 bridgehead atoms. The van der Waals surface area contributed by atoms with E-state index >= 15 is 0 Å².